The van der Waals surface area contributed by atoms with Crippen LogP contribution in [-0.2, 0) is 5.41 Å². The van der Waals surface area contributed by atoms with Gasteiger partial charge in [-0.05, 0) is 104 Å². The van der Waals surface area contributed by atoms with E-state index in [1.165, 1.54) is 72.0 Å². The first-order chi connectivity index (χ1) is 34.7. The molecule has 326 valence electrons. The molecular weight excluding hydrogens is 849 g/mol. The third-order valence-corrected chi connectivity index (χ3v) is 15.2. The molecule has 1 atom stereocenters. The van der Waals surface area contributed by atoms with Crippen molar-refractivity contribution in [3.8, 4) is 50.2 Å². The lowest BCUT2D eigenvalue weighted by Gasteiger charge is -2.40. The van der Waals surface area contributed by atoms with Gasteiger partial charge in [0.25, 0.3) is 0 Å². The van der Waals surface area contributed by atoms with Crippen molar-refractivity contribution in [2.24, 2.45) is 0 Å². The van der Waals surface area contributed by atoms with Crippen LogP contribution in [0.3, 0.4) is 0 Å². The highest BCUT2D eigenvalue weighted by atomic mass is 16.3. The summed E-state index contributed by atoms with van der Waals surface area (Å²) in [6.45, 7) is 0. The first kappa shape index (κ1) is 38.9. The highest BCUT2D eigenvalue weighted by Crippen LogP contribution is 2.62. The molecule has 0 amide bonds. The zero-order valence-electron chi connectivity index (χ0n) is 38.1. The van der Waals surface area contributed by atoms with E-state index in [9.17, 15) is 0 Å². The van der Waals surface area contributed by atoms with Crippen LogP contribution < -0.4 is 4.90 Å². The van der Waals surface area contributed by atoms with Crippen LogP contribution in [0, 0.1) is 0 Å². The molecule has 1 aliphatic heterocycles. The first-order valence-corrected chi connectivity index (χ1v) is 24.2. The van der Waals surface area contributed by atoms with E-state index in [0.717, 1.165) is 61.3 Å². The molecule has 1 aliphatic carbocycles. The normalized spacial score (nSPS) is 14.3. The number of nitrogens with zero attached hydrogens (tertiary/aromatic N) is 2. The number of rotatable bonds is 6. The molecular formula is C67H42N2O. The van der Waals surface area contributed by atoms with Crippen LogP contribution in [0.1, 0.15) is 22.3 Å². The zero-order chi connectivity index (χ0) is 45.9. The minimum absolute atomic E-state index is 0.587. The van der Waals surface area contributed by atoms with Gasteiger partial charge in [0.1, 0.15) is 11.2 Å². The van der Waals surface area contributed by atoms with Gasteiger partial charge in [-0.25, -0.2) is 0 Å². The third kappa shape index (κ3) is 5.40. The van der Waals surface area contributed by atoms with Gasteiger partial charge in [-0.3, -0.25) is 0 Å². The predicted molar refractivity (Wildman–Crippen MR) is 290 cm³/mol. The van der Waals surface area contributed by atoms with E-state index in [2.05, 4.69) is 258 Å². The molecule has 0 radical (unpaired) electrons. The SMILES string of the molecule is c1ccc(-c2ccc(-c3ccccc3N(c3ccc(-c4cccc5c4oc4ccccc45)cc3)c3ccc4c(c3)C3(c5ccccc5-4)c4ccccc4-n4c5ccccc5c5cccc3c54)cc2)cc1. The highest BCUT2D eigenvalue weighted by molar-refractivity contribution is 6.13. The Labute approximate surface area is 405 Å². The van der Waals surface area contributed by atoms with Crippen LogP contribution in [0.2, 0.25) is 0 Å². The number of fused-ring (bicyclic) bond motifs is 15. The van der Waals surface area contributed by atoms with Gasteiger partial charge >= 0.3 is 0 Å². The highest BCUT2D eigenvalue weighted by Gasteiger charge is 2.51. The van der Waals surface area contributed by atoms with Crippen molar-refractivity contribution in [3.05, 3.63) is 277 Å². The van der Waals surface area contributed by atoms with Gasteiger partial charge in [-0.2, -0.15) is 0 Å². The molecule has 0 N–H and O–H groups in total. The summed E-state index contributed by atoms with van der Waals surface area (Å²) < 4.78 is 9.07. The van der Waals surface area contributed by atoms with Gasteiger partial charge in [0.15, 0.2) is 0 Å². The van der Waals surface area contributed by atoms with E-state index < -0.39 is 5.41 Å². The summed E-state index contributed by atoms with van der Waals surface area (Å²) >= 11 is 0. The van der Waals surface area contributed by atoms with Crippen molar-refractivity contribution in [3.63, 3.8) is 0 Å². The molecule has 0 bridgehead atoms. The Morgan fingerprint density at radius 1 is 0.343 bits per heavy atom. The minimum atomic E-state index is -0.587. The van der Waals surface area contributed by atoms with Gasteiger partial charge in [-0.15, -0.1) is 0 Å². The maximum atomic E-state index is 6.55. The molecule has 2 aliphatic rings. The van der Waals surface area contributed by atoms with Gasteiger partial charge in [0.2, 0.25) is 0 Å². The molecule has 0 saturated carbocycles. The van der Waals surface area contributed by atoms with Crippen LogP contribution in [0.5, 0.6) is 0 Å². The summed E-state index contributed by atoms with van der Waals surface area (Å²) in [5.41, 5.74) is 22.8. The average molecular weight is 891 g/mol. The quantitative estimate of drug-likeness (QED) is 0.166. The lowest BCUT2D eigenvalue weighted by molar-refractivity contribution is 0.670. The van der Waals surface area contributed by atoms with Crippen molar-refractivity contribution in [2.75, 3.05) is 4.90 Å². The van der Waals surface area contributed by atoms with Crippen LogP contribution in [-0.4, -0.2) is 4.57 Å². The molecule has 0 saturated heterocycles. The topological polar surface area (TPSA) is 21.3 Å². The zero-order valence-corrected chi connectivity index (χ0v) is 38.1. The Morgan fingerprint density at radius 3 is 1.79 bits per heavy atom. The molecule has 15 rings (SSSR count). The number of hydrogen-bond donors (Lipinski definition) is 0. The van der Waals surface area contributed by atoms with E-state index in [0.29, 0.717) is 0 Å². The largest absolute Gasteiger partial charge is 0.455 e. The minimum Gasteiger partial charge on any atom is -0.455 e. The molecule has 2 aromatic heterocycles. The Kier molecular flexibility index (Phi) is 8.28. The van der Waals surface area contributed by atoms with Crippen LogP contribution in [0.4, 0.5) is 17.1 Å². The summed E-state index contributed by atoms with van der Waals surface area (Å²) in [6, 6.07) is 93.6. The van der Waals surface area contributed by atoms with E-state index in [-0.39, 0.29) is 0 Å². The smallest absolute Gasteiger partial charge is 0.143 e. The molecule has 1 unspecified atom stereocenters. The number of hydrogen-bond acceptors (Lipinski definition) is 2. The molecule has 3 heteroatoms. The van der Waals surface area contributed by atoms with Gasteiger partial charge in [0.05, 0.1) is 27.8 Å². The van der Waals surface area contributed by atoms with E-state index in [1.807, 2.05) is 6.07 Å². The van der Waals surface area contributed by atoms with Crippen molar-refractivity contribution in [1.82, 2.24) is 4.57 Å². The number of anilines is 3. The Hall–Kier alpha value is -9.18. The summed E-state index contributed by atoms with van der Waals surface area (Å²) in [7, 11) is 0. The lowest BCUT2D eigenvalue weighted by Crippen LogP contribution is -2.33. The van der Waals surface area contributed by atoms with Crippen LogP contribution in [0.15, 0.2) is 259 Å². The summed E-state index contributed by atoms with van der Waals surface area (Å²) in [6.07, 6.45) is 0. The van der Waals surface area contributed by atoms with E-state index in [1.54, 1.807) is 0 Å². The fraction of sp³-hybridized carbons (Fsp3) is 0.0149. The summed E-state index contributed by atoms with van der Waals surface area (Å²) in [4.78, 5) is 2.47. The second-order valence-corrected chi connectivity index (χ2v) is 18.7. The molecule has 13 aromatic rings. The fourth-order valence-electron chi connectivity index (χ4n) is 12.3. The van der Waals surface area contributed by atoms with Gasteiger partial charge in [0, 0.05) is 44.0 Å². The maximum absolute atomic E-state index is 6.55. The third-order valence-electron chi connectivity index (χ3n) is 15.2. The van der Waals surface area contributed by atoms with Crippen molar-refractivity contribution >= 4 is 60.8 Å². The standard InChI is InChI=1S/C67H42N2O/c1-2-16-43(17-3-1)44-32-34-45(35-33-44)49-18-5-10-28-61(49)68(47-38-36-46(37-39-47)50-22-14-24-56-54-21-7-13-31-64(54)70-66(50)56)48-40-41-52-51-19-4-8-25-57(51)67(60(52)42-48)58-26-9-12-30-63(58)69-62-29-11-6-20-53(62)55-23-15-27-59(67)65(55)69/h1-42H. The van der Waals surface area contributed by atoms with Crippen molar-refractivity contribution in [2.45, 2.75) is 5.41 Å². The van der Waals surface area contributed by atoms with E-state index >= 15 is 0 Å². The maximum Gasteiger partial charge on any atom is 0.143 e. The fourth-order valence-corrected chi connectivity index (χ4v) is 12.3. The van der Waals surface area contributed by atoms with Crippen LogP contribution >= 0.6 is 0 Å². The predicted octanol–water partition coefficient (Wildman–Crippen LogP) is 17.8. The van der Waals surface area contributed by atoms with E-state index in [4.69, 9.17) is 4.42 Å². The number of furan rings is 1. The molecule has 3 nitrogen and oxygen atoms in total. The van der Waals surface area contributed by atoms with Gasteiger partial charge in [-0.1, -0.05) is 206 Å². The summed E-state index contributed by atoms with van der Waals surface area (Å²) in [5, 5.41) is 4.80. The lowest BCUT2D eigenvalue weighted by atomic mass is 9.65. The second kappa shape index (κ2) is 14.9. The molecule has 70 heavy (non-hydrogen) atoms. The number of para-hydroxylation sites is 6. The molecule has 3 heterocycles. The molecule has 11 aromatic carbocycles. The average Bonchev–Trinajstić information content (AvgIpc) is 4.08. The first-order valence-electron chi connectivity index (χ1n) is 24.2. The van der Waals surface area contributed by atoms with Crippen molar-refractivity contribution < 1.29 is 4.42 Å². The Balaban J connectivity index is 0.967. The number of benzene rings is 11. The summed E-state index contributed by atoms with van der Waals surface area (Å²) in [5.74, 6) is 0. The number of aromatic nitrogens is 1. The van der Waals surface area contributed by atoms with Gasteiger partial charge < -0.3 is 13.9 Å². The monoisotopic (exact) mass is 890 g/mol. The molecule has 0 fully saturated rings. The van der Waals surface area contributed by atoms with Crippen LogP contribution in [0.25, 0.3) is 93.9 Å². The molecule has 1 spiro atoms. The Morgan fingerprint density at radius 2 is 0.914 bits per heavy atom. The Bertz CT molecular complexity index is 4240. The second-order valence-electron chi connectivity index (χ2n) is 18.7. The van der Waals surface area contributed by atoms with Crippen molar-refractivity contribution in [1.29, 1.82) is 0 Å².